The number of nitrogens with zero attached hydrogens (tertiary/aromatic N) is 2. The minimum atomic E-state index is -0.0983. The number of carbonyl (C=O) groups is 2. The lowest BCUT2D eigenvalue weighted by molar-refractivity contribution is -0.147. The molecule has 2 amide bonds. The van der Waals surface area contributed by atoms with Crippen molar-refractivity contribution >= 4 is 17.8 Å². The van der Waals surface area contributed by atoms with Crippen LogP contribution in [0.3, 0.4) is 0 Å². The summed E-state index contributed by atoms with van der Waals surface area (Å²) in [6.45, 7) is 7.29. The second-order valence-corrected chi connectivity index (χ2v) is 5.87. The van der Waals surface area contributed by atoms with Crippen molar-refractivity contribution in [2.24, 2.45) is 4.99 Å². The van der Waals surface area contributed by atoms with E-state index in [2.05, 4.69) is 15.6 Å². The molecule has 0 bridgehead atoms. The van der Waals surface area contributed by atoms with Gasteiger partial charge in [-0.1, -0.05) is 0 Å². The highest BCUT2D eigenvalue weighted by molar-refractivity contribution is 5.97. The lowest BCUT2D eigenvalue weighted by atomic mass is 10.1. The summed E-state index contributed by atoms with van der Waals surface area (Å²) >= 11 is 0. The van der Waals surface area contributed by atoms with Crippen LogP contribution in [0.4, 0.5) is 0 Å². The van der Waals surface area contributed by atoms with E-state index in [9.17, 15) is 9.59 Å². The van der Waals surface area contributed by atoms with Crippen molar-refractivity contribution in [3.63, 3.8) is 0 Å². The van der Waals surface area contributed by atoms with Crippen LogP contribution in [-0.4, -0.2) is 42.3 Å². The van der Waals surface area contributed by atoms with Gasteiger partial charge in [-0.15, -0.1) is 0 Å². The fourth-order valence-electron chi connectivity index (χ4n) is 2.59. The summed E-state index contributed by atoms with van der Waals surface area (Å²) in [6.07, 6.45) is 1.55. The van der Waals surface area contributed by atoms with Gasteiger partial charge in [-0.2, -0.15) is 0 Å². The van der Waals surface area contributed by atoms with E-state index in [1.807, 2.05) is 32.9 Å². The number of amides is 2. The molecule has 0 aromatic carbocycles. The molecule has 0 spiro atoms. The Kier molecular flexibility index (Phi) is 6.40. The molecule has 0 saturated carbocycles. The molecule has 1 fully saturated rings. The normalized spacial score (nSPS) is 17.1. The number of carbonyl (C=O) groups excluding carboxylic acids is 2. The second kappa shape index (κ2) is 8.52. The van der Waals surface area contributed by atoms with Gasteiger partial charge in [0.25, 0.3) is 0 Å². The number of furan rings is 1. The summed E-state index contributed by atoms with van der Waals surface area (Å²) in [4.78, 5) is 29.3. The van der Waals surface area contributed by atoms with Gasteiger partial charge in [0.15, 0.2) is 5.96 Å². The highest BCUT2D eigenvalue weighted by Gasteiger charge is 2.25. The summed E-state index contributed by atoms with van der Waals surface area (Å²) in [7, 11) is 0. The molecule has 0 aliphatic carbocycles. The Balaban J connectivity index is 1.92. The Bertz CT molecular complexity index is 593. The highest BCUT2D eigenvalue weighted by atomic mass is 16.3. The maximum Gasteiger partial charge on any atom is 0.229 e. The molecule has 1 aliphatic heterocycles. The number of piperidine rings is 1. The number of rotatable bonds is 6. The van der Waals surface area contributed by atoms with Gasteiger partial charge < -0.3 is 15.1 Å². The van der Waals surface area contributed by atoms with E-state index in [4.69, 9.17) is 4.42 Å². The van der Waals surface area contributed by atoms with Crippen molar-refractivity contribution in [1.82, 2.24) is 15.5 Å². The minimum absolute atomic E-state index is 0.0326. The summed E-state index contributed by atoms with van der Waals surface area (Å²) in [5.41, 5.74) is 0. The Labute approximate surface area is 142 Å². The third kappa shape index (κ3) is 4.84. The van der Waals surface area contributed by atoms with E-state index in [-0.39, 0.29) is 17.9 Å². The number of hydrogen-bond acceptors (Lipinski definition) is 4. The zero-order valence-electron chi connectivity index (χ0n) is 14.6. The van der Waals surface area contributed by atoms with Crippen LogP contribution in [-0.2, 0) is 9.59 Å². The number of guanidine groups is 1. The van der Waals surface area contributed by atoms with Crippen molar-refractivity contribution in [3.05, 3.63) is 23.7 Å². The van der Waals surface area contributed by atoms with E-state index in [0.717, 1.165) is 18.1 Å². The van der Waals surface area contributed by atoms with Crippen molar-refractivity contribution in [1.29, 1.82) is 0 Å². The zero-order chi connectivity index (χ0) is 17.5. The lowest BCUT2D eigenvalue weighted by Crippen LogP contribution is -2.42. The Morgan fingerprint density at radius 2 is 2.04 bits per heavy atom. The van der Waals surface area contributed by atoms with Gasteiger partial charge in [0.05, 0.1) is 12.6 Å². The van der Waals surface area contributed by atoms with Crippen LogP contribution >= 0.6 is 0 Å². The molecule has 2 rings (SSSR count). The average Bonchev–Trinajstić information content (AvgIpc) is 2.97. The number of aryl methyl sites for hydroxylation is 1. The molecule has 1 aromatic heterocycles. The van der Waals surface area contributed by atoms with Gasteiger partial charge >= 0.3 is 0 Å². The molecule has 24 heavy (non-hydrogen) atoms. The molecule has 7 heteroatoms. The van der Waals surface area contributed by atoms with Crippen molar-refractivity contribution in [3.8, 4) is 0 Å². The summed E-state index contributed by atoms with van der Waals surface area (Å²) in [5.74, 6) is 2.14. The fourth-order valence-corrected chi connectivity index (χ4v) is 2.59. The van der Waals surface area contributed by atoms with Crippen molar-refractivity contribution in [2.45, 2.75) is 46.1 Å². The molecule has 2 N–H and O–H groups in total. The van der Waals surface area contributed by atoms with Crippen molar-refractivity contribution < 1.29 is 14.0 Å². The smallest absolute Gasteiger partial charge is 0.229 e. The maximum atomic E-state index is 11.8. The highest BCUT2D eigenvalue weighted by Crippen LogP contribution is 2.15. The van der Waals surface area contributed by atoms with Crippen LogP contribution in [0.5, 0.6) is 0 Å². The van der Waals surface area contributed by atoms with E-state index in [1.54, 1.807) is 0 Å². The van der Waals surface area contributed by atoms with E-state index in [1.165, 1.54) is 4.90 Å². The lowest BCUT2D eigenvalue weighted by Gasteiger charge is -2.24. The van der Waals surface area contributed by atoms with E-state index < -0.39 is 0 Å². The fraction of sp³-hybridized carbons (Fsp3) is 0.588. The third-order valence-corrected chi connectivity index (χ3v) is 3.86. The standard InChI is InChI=1S/C17H26N4O3/c1-4-18-17(20-13(3)14-9-8-12(2)24-14)19-10-11-21-15(22)6-5-7-16(21)23/h8-9,13H,4-7,10-11H2,1-3H3,(H2,18,19,20). The predicted octanol–water partition coefficient (Wildman–Crippen LogP) is 1.74. The molecular weight excluding hydrogens is 308 g/mol. The SMILES string of the molecule is CCNC(=NCCN1C(=O)CCCC1=O)NC(C)c1ccc(C)o1. The number of nitrogens with one attached hydrogen (secondary N) is 2. The van der Waals surface area contributed by atoms with Crippen molar-refractivity contribution in [2.75, 3.05) is 19.6 Å². The summed E-state index contributed by atoms with van der Waals surface area (Å²) < 4.78 is 5.61. The van der Waals surface area contributed by atoms with Crippen LogP contribution in [0.25, 0.3) is 0 Å². The number of likely N-dealkylation sites (tertiary alicyclic amines) is 1. The Hall–Kier alpha value is -2.31. The first-order valence-electron chi connectivity index (χ1n) is 8.45. The largest absolute Gasteiger partial charge is 0.464 e. The van der Waals surface area contributed by atoms with Gasteiger partial charge in [-0.25, -0.2) is 0 Å². The van der Waals surface area contributed by atoms with Gasteiger partial charge in [-0.05, 0) is 39.3 Å². The van der Waals surface area contributed by atoms with Crippen LogP contribution in [0.2, 0.25) is 0 Å². The first kappa shape index (κ1) is 18.0. The molecule has 7 nitrogen and oxygen atoms in total. The number of imide groups is 1. The van der Waals surface area contributed by atoms with Gasteiger partial charge in [0.1, 0.15) is 11.5 Å². The molecule has 1 atom stereocenters. The molecule has 1 aromatic rings. The Morgan fingerprint density at radius 3 is 2.62 bits per heavy atom. The monoisotopic (exact) mass is 334 g/mol. The topological polar surface area (TPSA) is 86.9 Å². The average molecular weight is 334 g/mol. The summed E-state index contributed by atoms with van der Waals surface area (Å²) in [6, 6.07) is 3.82. The second-order valence-electron chi connectivity index (χ2n) is 5.87. The van der Waals surface area contributed by atoms with Gasteiger partial charge in [0.2, 0.25) is 11.8 Å². The Morgan fingerprint density at radius 1 is 1.33 bits per heavy atom. The first-order chi connectivity index (χ1) is 11.5. The first-order valence-corrected chi connectivity index (χ1v) is 8.45. The third-order valence-electron chi connectivity index (χ3n) is 3.86. The zero-order valence-corrected chi connectivity index (χ0v) is 14.6. The van der Waals surface area contributed by atoms with E-state index in [0.29, 0.717) is 38.3 Å². The van der Waals surface area contributed by atoms with Crippen LogP contribution in [0.1, 0.15) is 50.7 Å². The molecule has 1 unspecified atom stereocenters. The van der Waals surface area contributed by atoms with Gasteiger partial charge in [-0.3, -0.25) is 19.5 Å². The van der Waals surface area contributed by atoms with Crippen LogP contribution < -0.4 is 10.6 Å². The summed E-state index contributed by atoms with van der Waals surface area (Å²) in [5, 5.41) is 6.42. The van der Waals surface area contributed by atoms with Crippen LogP contribution in [0, 0.1) is 6.92 Å². The number of hydrogen-bond donors (Lipinski definition) is 2. The number of aliphatic imine (C=N–C) groups is 1. The molecule has 0 radical (unpaired) electrons. The van der Waals surface area contributed by atoms with Crippen LogP contribution in [0.15, 0.2) is 21.5 Å². The maximum absolute atomic E-state index is 11.8. The van der Waals surface area contributed by atoms with Gasteiger partial charge in [0, 0.05) is 25.9 Å². The predicted molar refractivity (Wildman–Crippen MR) is 91.5 cm³/mol. The molecular formula is C17H26N4O3. The molecule has 1 aliphatic rings. The quantitative estimate of drug-likeness (QED) is 0.470. The molecule has 1 saturated heterocycles. The molecule has 132 valence electrons. The molecule has 2 heterocycles. The minimum Gasteiger partial charge on any atom is -0.464 e. The van der Waals surface area contributed by atoms with E-state index >= 15 is 0 Å².